The molecule has 2 atom stereocenters. The third-order valence-corrected chi connectivity index (χ3v) is 1.26. The van der Waals surface area contributed by atoms with E-state index in [1.165, 1.54) is 0 Å². The fraction of sp³-hybridized carbons (Fsp3) is 1.00. The van der Waals surface area contributed by atoms with Crippen LogP contribution in [-0.4, -0.2) is 25.9 Å². The molecule has 0 aromatic carbocycles. The summed E-state index contributed by atoms with van der Waals surface area (Å²) in [6, 6.07) is 0. The minimum atomic E-state index is 0.0741. The summed E-state index contributed by atoms with van der Waals surface area (Å²) in [5.74, 6) is 0. The fourth-order valence-corrected chi connectivity index (χ4v) is 0.580. The third kappa shape index (κ3) is 0.748. The lowest BCUT2D eigenvalue weighted by Crippen LogP contribution is -2.63. The first kappa shape index (κ1) is 5.03. The Labute approximate surface area is 42.8 Å². The number of methoxy groups -OCH3 is 1. The molecular weight excluding hydrogens is 92.1 g/mol. The van der Waals surface area contributed by atoms with Gasteiger partial charge in [-0.25, -0.2) is 0 Å². The largest absolute Gasteiger partial charge is 0.377 e. The molecule has 0 radical (unpaired) electrons. The second-order valence-electron chi connectivity index (χ2n) is 1.71. The first-order valence-electron chi connectivity index (χ1n) is 2.36. The Kier molecular flexibility index (Phi) is 1.27. The molecule has 0 aromatic rings. The molecule has 0 spiro atoms. The highest BCUT2D eigenvalue weighted by Crippen LogP contribution is 1.99. The predicted octanol–water partition coefficient (Wildman–Crippen LogP) is -1.11. The number of nitrogens with two attached hydrogens (primary N) is 1. The molecule has 1 saturated heterocycles. The quantitative estimate of drug-likeness (QED) is 0.441. The van der Waals surface area contributed by atoms with Crippen LogP contribution < -0.4 is 11.1 Å². The zero-order chi connectivity index (χ0) is 5.28. The van der Waals surface area contributed by atoms with Crippen LogP contribution >= 0.6 is 0 Å². The number of rotatable bonds is 1. The molecule has 1 aliphatic rings. The van der Waals surface area contributed by atoms with Crippen molar-refractivity contribution in [2.45, 2.75) is 12.3 Å². The molecule has 0 amide bonds. The van der Waals surface area contributed by atoms with Crippen molar-refractivity contribution in [2.75, 3.05) is 13.7 Å². The second kappa shape index (κ2) is 1.78. The Balaban J connectivity index is 2.16. The number of hydrogen-bond acceptors (Lipinski definition) is 3. The van der Waals surface area contributed by atoms with Crippen LogP contribution in [0.4, 0.5) is 0 Å². The molecule has 0 aliphatic carbocycles. The number of nitrogens with one attached hydrogen (secondary N) is 1. The summed E-state index contributed by atoms with van der Waals surface area (Å²) in [4.78, 5) is 0. The van der Waals surface area contributed by atoms with E-state index in [1.54, 1.807) is 7.11 Å². The average molecular weight is 102 g/mol. The summed E-state index contributed by atoms with van der Waals surface area (Å²) in [5.41, 5.74) is 5.40. The van der Waals surface area contributed by atoms with Crippen LogP contribution in [0.15, 0.2) is 0 Å². The van der Waals surface area contributed by atoms with Gasteiger partial charge in [0, 0.05) is 13.7 Å². The lowest BCUT2D eigenvalue weighted by atomic mass is 10.2. The van der Waals surface area contributed by atoms with Crippen molar-refractivity contribution in [3.63, 3.8) is 0 Å². The van der Waals surface area contributed by atoms with E-state index in [2.05, 4.69) is 5.32 Å². The Morgan fingerprint density at radius 3 is 2.57 bits per heavy atom. The van der Waals surface area contributed by atoms with Crippen LogP contribution in [0.25, 0.3) is 0 Å². The topological polar surface area (TPSA) is 47.3 Å². The zero-order valence-corrected chi connectivity index (χ0v) is 4.35. The predicted molar refractivity (Wildman–Crippen MR) is 26.8 cm³/mol. The van der Waals surface area contributed by atoms with Gasteiger partial charge in [-0.3, -0.25) is 5.32 Å². The number of ether oxygens (including phenoxy) is 1. The van der Waals surface area contributed by atoms with Gasteiger partial charge in [0.1, 0.15) is 0 Å². The van der Waals surface area contributed by atoms with E-state index in [0.717, 1.165) is 6.54 Å². The van der Waals surface area contributed by atoms with Gasteiger partial charge in [-0.1, -0.05) is 0 Å². The van der Waals surface area contributed by atoms with Crippen molar-refractivity contribution in [3.8, 4) is 0 Å². The average Bonchev–Trinajstić information content (AvgIpc) is 1.65. The Morgan fingerprint density at radius 2 is 2.57 bits per heavy atom. The molecule has 7 heavy (non-hydrogen) atoms. The molecule has 3 heteroatoms. The van der Waals surface area contributed by atoms with Crippen LogP contribution in [0.3, 0.4) is 0 Å². The van der Waals surface area contributed by atoms with Crippen LogP contribution in [0.1, 0.15) is 0 Å². The van der Waals surface area contributed by atoms with E-state index in [4.69, 9.17) is 10.5 Å². The van der Waals surface area contributed by atoms with Gasteiger partial charge in [0.15, 0.2) is 0 Å². The van der Waals surface area contributed by atoms with Crippen molar-refractivity contribution in [1.82, 2.24) is 5.32 Å². The smallest absolute Gasteiger partial charge is 0.0978 e. The summed E-state index contributed by atoms with van der Waals surface area (Å²) in [6.45, 7) is 0.900. The molecule has 42 valence electrons. The monoisotopic (exact) mass is 102 g/mol. The van der Waals surface area contributed by atoms with Gasteiger partial charge in [0.2, 0.25) is 0 Å². The zero-order valence-electron chi connectivity index (χ0n) is 4.35. The molecule has 3 nitrogen and oxygen atoms in total. The van der Waals surface area contributed by atoms with E-state index < -0.39 is 0 Å². The minimum absolute atomic E-state index is 0.0741. The van der Waals surface area contributed by atoms with Gasteiger partial charge in [-0.2, -0.15) is 0 Å². The van der Waals surface area contributed by atoms with Gasteiger partial charge in [-0.05, 0) is 0 Å². The van der Waals surface area contributed by atoms with Crippen LogP contribution in [0.2, 0.25) is 0 Å². The first-order valence-corrected chi connectivity index (χ1v) is 2.36. The van der Waals surface area contributed by atoms with Crippen LogP contribution in [0.5, 0.6) is 0 Å². The van der Waals surface area contributed by atoms with Crippen molar-refractivity contribution < 1.29 is 4.74 Å². The Hall–Kier alpha value is -0.120. The summed E-state index contributed by atoms with van der Waals surface area (Å²) >= 11 is 0. The molecule has 1 aliphatic heterocycles. The highest BCUT2D eigenvalue weighted by atomic mass is 16.5. The standard InChI is InChI=1S/C4H10N2O/c1-7-3-2-6-4(3)5/h3-4,6H,2,5H2,1H3/t3-,4?/m0/s1. The van der Waals surface area contributed by atoms with E-state index in [9.17, 15) is 0 Å². The van der Waals surface area contributed by atoms with Crippen LogP contribution in [0, 0.1) is 0 Å². The van der Waals surface area contributed by atoms with Crippen molar-refractivity contribution in [1.29, 1.82) is 0 Å². The van der Waals surface area contributed by atoms with Gasteiger partial charge < -0.3 is 10.5 Å². The SMILES string of the molecule is CO[C@H]1CNC1N. The maximum absolute atomic E-state index is 5.40. The van der Waals surface area contributed by atoms with Gasteiger partial charge in [-0.15, -0.1) is 0 Å². The van der Waals surface area contributed by atoms with Gasteiger partial charge in [0.25, 0.3) is 0 Å². The van der Waals surface area contributed by atoms with E-state index in [-0.39, 0.29) is 12.3 Å². The molecule has 1 heterocycles. The maximum atomic E-state index is 5.40. The van der Waals surface area contributed by atoms with Gasteiger partial charge >= 0.3 is 0 Å². The lowest BCUT2D eigenvalue weighted by Gasteiger charge is -2.33. The first-order chi connectivity index (χ1) is 3.34. The van der Waals surface area contributed by atoms with Crippen LogP contribution in [-0.2, 0) is 4.74 Å². The third-order valence-electron chi connectivity index (χ3n) is 1.26. The molecule has 3 N–H and O–H groups in total. The summed E-state index contributed by atoms with van der Waals surface area (Å²) in [6.07, 6.45) is 0.324. The maximum Gasteiger partial charge on any atom is 0.0978 e. The molecule has 0 bridgehead atoms. The second-order valence-corrected chi connectivity index (χ2v) is 1.71. The molecule has 0 aromatic heterocycles. The van der Waals surface area contributed by atoms with Crippen molar-refractivity contribution in [3.05, 3.63) is 0 Å². The van der Waals surface area contributed by atoms with E-state index >= 15 is 0 Å². The highest BCUT2D eigenvalue weighted by Gasteiger charge is 2.25. The van der Waals surface area contributed by atoms with Crippen molar-refractivity contribution in [2.24, 2.45) is 5.73 Å². The molecule has 1 rings (SSSR count). The fourth-order valence-electron chi connectivity index (χ4n) is 0.580. The minimum Gasteiger partial charge on any atom is -0.377 e. The van der Waals surface area contributed by atoms with Crippen molar-refractivity contribution >= 4 is 0 Å². The molecule has 1 unspecified atom stereocenters. The lowest BCUT2D eigenvalue weighted by molar-refractivity contribution is 0.0185. The molecule has 1 fully saturated rings. The Bertz CT molecular complexity index is 64.7. The normalized spacial score (nSPS) is 40.3. The van der Waals surface area contributed by atoms with E-state index in [0.29, 0.717) is 0 Å². The van der Waals surface area contributed by atoms with E-state index in [1.807, 2.05) is 0 Å². The molecule has 0 saturated carbocycles. The summed E-state index contributed by atoms with van der Waals surface area (Å²) in [5, 5.41) is 2.96. The summed E-state index contributed by atoms with van der Waals surface area (Å²) < 4.78 is 4.91. The number of hydrogen-bond donors (Lipinski definition) is 2. The molecular formula is C4H10N2O. The summed E-state index contributed by atoms with van der Waals surface area (Å²) in [7, 11) is 1.67. The Morgan fingerprint density at radius 1 is 1.86 bits per heavy atom. The van der Waals surface area contributed by atoms with Gasteiger partial charge in [0.05, 0.1) is 12.3 Å². The highest BCUT2D eigenvalue weighted by molar-refractivity contribution is 4.83.